The Labute approximate surface area is 124 Å². The third kappa shape index (κ3) is 2.17. The molecule has 0 bridgehead atoms. The number of halogens is 2. The van der Waals surface area contributed by atoms with Crippen LogP contribution in [-0.4, -0.2) is 22.2 Å². The zero-order chi connectivity index (χ0) is 14.3. The number of rotatable bonds is 2. The highest BCUT2D eigenvalue weighted by atomic mass is 35.5. The molecule has 0 aliphatic rings. The van der Waals surface area contributed by atoms with Crippen LogP contribution in [-0.2, 0) is 0 Å². The molecule has 3 rings (SSSR count). The van der Waals surface area contributed by atoms with Crippen LogP contribution in [0.1, 0.15) is 0 Å². The summed E-state index contributed by atoms with van der Waals surface area (Å²) in [6, 6.07) is 8.44. The van der Waals surface area contributed by atoms with E-state index in [-0.39, 0.29) is 5.75 Å². The van der Waals surface area contributed by atoms with Crippen LogP contribution in [0.25, 0.3) is 22.4 Å². The highest BCUT2D eigenvalue weighted by Crippen LogP contribution is 2.33. The molecule has 0 radical (unpaired) electrons. The second-order valence-corrected chi connectivity index (χ2v) is 5.10. The minimum Gasteiger partial charge on any atom is -0.504 e. The van der Waals surface area contributed by atoms with Crippen LogP contribution in [0, 0.1) is 0 Å². The second-order valence-electron chi connectivity index (χ2n) is 4.26. The molecule has 0 unspecified atom stereocenters. The van der Waals surface area contributed by atoms with Crippen LogP contribution in [0.15, 0.2) is 30.3 Å². The van der Waals surface area contributed by atoms with Crippen molar-refractivity contribution in [3.63, 3.8) is 0 Å². The van der Waals surface area contributed by atoms with E-state index in [9.17, 15) is 5.11 Å². The van der Waals surface area contributed by atoms with Crippen LogP contribution in [0.3, 0.4) is 0 Å². The largest absolute Gasteiger partial charge is 0.504 e. The normalized spacial score (nSPS) is 10.9. The second kappa shape index (κ2) is 4.89. The summed E-state index contributed by atoms with van der Waals surface area (Å²) in [5.41, 5.74) is 2.11. The molecule has 2 N–H and O–H groups in total. The number of phenols is 1. The van der Waals surface area contributed by atoms with Gasteiger partial charge in [-0.1, -0.05) is 23.2 Å². The molecule has 0 amide bonds. The molecule has 6 heteroatoms. The monoisotopic (exact) mass is 308 g/mol. The number of nitrogens with zero attached hydrogens (tertiary/aromatic N) is 1. The zero-order valence-corrected chi connectivity index (χ0v) is 12.0. The zero-order valence-electron chi connectivity index (χ0n) is 10.4. The molecule has 1 heterocycles. The molecule has 0 fully saturated rings. The molecular formula is C14H10Cl2N2O2. The minimum absolute atomic E-state index is 0.0505. The molecule has 0 spiro atoms. The molecule has 0 aliphatic heterocycles. The van der Waals surface area contributed by atoms with Crippen molar-refractivity contribution in [2.45, 2.75) is 0 Å². The number of imidazole rings is 1. The first-order chi connectivity index (χ1) is 9.58. The summed E-state index contributed by atoms with van der Waals surface area (Å²) in [6.45, 7) is 0. The third-order valence-corrected chi connectivity index (χ3v) is 3.46. The van der Waals surface area contributed by atoms with Crippen LogP contribution in [0.2, 0.25) is 10.0 Å². The van der Waals surface area contributed by atoms with E-state index in [2.05, 4.69) is 9.97 Å². The van der Waals surface area contributed by atoms with Gasteiger partial charge in [-0.3, -0.25) is 0 Å². The fourth-order valence-electron chi connectivity index (χ4n) is 2.02. The van der Waals surface area contributed by atoms with Crippen molar-refractivity contribution in [1.82, 2.24) is 9.97 Å². The summed E-state index contributed by atoms with van der Waals surface area (Å²) < 4.78 is 5.01. The number of nitrogens with one attached hydrogen (secondary N) is 1. The van der Waals surface area contributed by atoms with Crippen LogP contribution in [0.4, 0.5) is 0 Å². The molecule has 3 aromatic rings. The highest BCUT2D eigenvalue weighted by Gasteiger charge is 2.11. The van der Waals surface area contributed by atoms with Crippen molar-refractivity contribution < 1.29 is 9.84 Å². The van der Waals surface area contributed by atoms with Crippen molar-refractivity contribution in [1.29, 1.82) is 0 Å². The molecule has 2 aromatic carbocycles. The average molecular weight is 309 g/mol. The SMILES string of the molecule is COc1ccc(-c2nc3c(Cl)cc(Cl)cc3[nH]2)cc1O. The predicted molar refractivity (Wildman–Crippen MR) is 79.8 cm³/mol. The summed E-state index contributed by atoms with van der Waals surface area (Å²) in [5.74, 6) is 1.06. The van der Waals surface area contributed by atoms with Gasteiger partial charge in [-0.05, 0) is 30.3 Å². The molecule has 1 aromatic heterocycles. The Morgan fingerprint density at radius 3 is 2.70 bits per heavy atom. The van der Waals surface area contributed by atoms with E-state index in [1.54, 1.807) is 30.3 Å². The number of methoxy groups -OCH3 is 1. The lowest BCUT2D eigenvalue weighted by atomic mass is 10.2. The Bertz CT molecular complexity index is 799. The number of ether oxygens (including phenoxy) is 1. The Kier molecular flexibility index (Phi) is 3.20. The van der Waals surface area contributed by atoms with Crippen molar-refractivity contribution in [3.05, 3.63) is 40.4 Å². The van der Waals surface area contributed by atoms with Gasteiger partial charge in [-0.25, -0.2) is 4.98 Å². The van der Waals surface area contributed by atoms with Gasteiger partial charge in [0.1, 0.15) is 11.3 Å². The van der Waals surface area contributed by atoms with E-state index >= 15 is 0 Å². The Balaban J connectivity index is 2.15. The van der Waals surface area contributed by atoms with Crippen LogP contribution >= 0.6 is 23.2 Å². The highest BCUT2D eigenvalue weighted by molar-refractivity contribution is 6.38. The smallest absolute Gasteiger partial charge is 0.160 e. The summed E-state index contributed by atoms with van der Waals surface area (Å²) in [4.78, 5) is 7.55. The van der Waals surface area contributed by atoms with E-state index in [4.69, 9.17) is 27.9 Å². The first kappa shape index (κ1) is 13.1. The number of H-pyrrole nitrogens is 1. The van der Waals surface area contributed by atoms with E-state index in [0.717, 1.165) is 11.1 Å². The van der Waals surface area contributed by atoms with Gasteiger partial charge in [0.05, 0.1) is 17.6 Å². The fraction of sp³-hybridized carbons (Fsp3) is 0.0714. The number of aromatic hydroxyl groups is 1. The first-order valence-corrected chi connectivity index (χ1v) is 6.56. The summed E-state index contributed by atoms with van der Waals surface area (Å²) >= 11 is 12.1. The third-order valence-electron chi connectivity index (χ3n) is 2.96. The van der Waals surface area contributed by atoms with Crippen molar-refractivity contribution in [2.75, 3.05) is 7.11 Å². The number of phenolic OH excluding ortho intramolecular Hbond substituents is 1. The van der Waals surface area contributed by atoms with E-state index in [0.29, 0.717) is 27.1 Å². The standard InChI is InChI=1S/C14H10Cl2N2O2/c1-20-12-3-2-7(4-11(12)19)14-17-10-6-8(15)5-9(16)13(10)18-14/h2-6,19H,1H3,(H,17,18). The Morgan fingerprint density at radius 1 is 1.20 bits per heavy atom. The Hall–Kier alpha value is -1.91. The lowest BCUT2D eigenvalue weighted by molar-refractivity contribution is 0.373. The summed E-state index contributed by atoms with van der Waals surface area (Å²) in [5, 5.41) is 10.8. The van der Waals surface area contributed by atoms with Crippen molar-refractivity contribution in [3.8, 4) is 22.9 Å². The van der Waals surface area contributed by atoms with Gasteiger partial charge in [0.15, 0.2) is 11.5 Å². The van der Waals surface area contributed by atoms with E-state index < -0.39 is 0 Å². The van der Waals surface area contributed by atoms with Gasteiger partial charge in [0.25, 0.3) is 0 Å². The number of hydrogen-bond acceptors (Lipinski definition) is 3. The number of hydrogen-bond donors (Lipinski definition) is 2. The van der Waals surface area contributed by atoms with Crippen molar-refractivity contribution in [2.24, 2.45) is 0 Å². The molecule has 20 heavy (non-hydrogen) atoms. The fourth-order valence-corrected chi connectivity index (χ4v) is 2.55. The first-order valence-electron chi connectivity index (χ1n) is 5.80. The van der Waals surface area contributed by atoms with Gasteiger partial charge in [0.2, 0.25) is 0 Å². The maximum Gasteiger partial charge on any atom is 0.160 e. The number of aromatic nitrogens is 2. The summed E-state index contributed by atoms with van der Waals surface area (Å²) in [7, 11) is 1.50. The number of fused-ring (bicyclic) bond motifs is 1. The molecule has 0 atom stereocenters. The van der Waals surface area contributed by atoms with Gasteiger partial charge < -0.3 is 14.8 Å². The van der Waals surface area contributed by atoms with Crippen molar-refractivity contribution >= 4 is 34.2 Å². The van der Waals surface area contributed by atoms with E-state index in [1.165, 1.54) is 7.11 Å². The average Bonchev–Trinajstić information content (AvgIpc) is 2.82. The van der Waals surface area contributed by atoms with Gasteiger partial charge >= 0.3 is 0 Å². The number of benzene rings is 2. The quantitative estimate of drug-likeness (QED) is 0.744. The molecule has 4 nitrogen and oxygen atoms in total. The lowest BCUT2D eigenvalue weighted by Gasteiger charge is -2.04. The van der Waals surface area contributed by atoms with E-state index in [1.807, 2.05) is 0 Å². The number of aromatic amines is 1. The maximum absolute atomic E-state index is 9.81. The minimum atomic E-state index is 0.0505. The van der Waals surface area contributed by atoms with Crippen LogP contribution < -0.4 is 4.74 Å². The molecule has 102 valence electrons. The summed E-state index contributed by atoms with van der Waals surface area (Å²) in [6.07, 6.45) is 0. The van der Waals surface area contributed by atoms with Gasteiger partial charge in [-0.15, -0.1) is 0 Å². The van der Waals surface area contributed by atoms with Crippen LogP contribution in [0.5, 0.6) is 11.5 Å². The molecular weight excluding hydrogens is 299 g/mol. The Morgan fingerprint density at radius 2 is 2.00 bits per heavy atom. The predicted octanol–water partition coefficient (Wildman–Crippen LogP) is 4.25. The van der Waals surface area contributed by atoms with Gasteiger partial charge in [-0.2, -0.15) is 0 Å². The topological polar surface area (TPSA) is 58.1 Å². The molecule has 0 aliphatic carbocycles. The molecule has 0 saturated carbocycles. The molecule has 0 saturated heterocycles. The maximum atomic E-state index is 9.81. The lowest BCUT2D eigenvalue weighted by Crippen LogP contribution is -1.85. The van der Waals surface area contributed by atoms with Gasteiger partial charge in [0, 0.05) is 10.6 Å².